The molecule has 148 valence electrons. The Morgan fingerprint density at radius 3 is 2.54 bits per heavy atom. The van der Waals surface area contributed by atoms with E-state index in [1.54, 1.807) is 16.3 Å². The van der Waals surface area contributed by atoms with E-state index < -0.39 is 0 Å². The van der Waals surface area contributed by atoms with Crippen LogP contribution in [0.5, 0.6) is 0 Å². The zero-order chi connectivity index (χ0) is 20.4. The summed E-state index contributed by atoms with van der Waals surface area (Å²) in [4.78, 5) is 33.1. The maximum atomic E-state index is 13.0. The van der Waals surface area contributed by atoms with Crippen molar-refractivity contribution >= 4 is 56.7 Å². The van der Waals surface area contributed by atoms with E-state index in [0.717, 1.165) is 25.9 Å². The van der Waals surface area contributed by atoms with Crippen molar-refractivity contribution in [2.45, 2.75) is 43.8 Å². The van der Waals surface area contributed by atoms with Crippen LogP contribution in [-0.4, -0.2) is 27.5 Å². The van der Waals surface area contributed by atoms with Crippen LogP contribution in [0.3, 0.4) is 0 Å². The molecule has 8 heteroatoms. The molecule has 3 rings (SSSR count). The van der Waals surface area contributed by atoms with Gasteiger partial charge in [-0.05, 0) is 63.8 Å². The van der Waals surface area contributed by atoms with E-state index in [1.807, 2.05) is 58.2 Å². The number of aromatic nitrogens is 2. The molecular formula is C20H23N3O2S3. The van der Waals surface area contributed by atoms with Crippen molar-refractivity contribution < 1.29 is 4.79 Å². The molecular weight excluding hydrogens is 410 g/mol. The van der Waals surface area contributed by atoms with E-state index in [1.165, 1.54) is 23.1 Å². The van der Waals surface area contributed by atoms with Gasteiger partial charge in [-0.25, -0.2) is 4.98 Å². The number of carbonyl (C=O) groups excluding carboxylic acids is 1. The number of hydrogen-bond donors (Lipinski definition) is 1. The van der Waals surface area contributed by atoms with Gasteiger partial charge >= 0.3 is 0 Å². The van der Waals surface area contributed by atoms with Crippen LogP contribution in [0.4, 0.5) is 5.69 Å². The van der Waals surface area contributed by atoms with E-state index in [-0.39, 0.29) is 23.3 Å². The first kappa shape index (κ1) is 21.0. The summed E-state index contributed by atoms with van der Waals surface area (Å²) in [6.07, 6.45) is 2.01. The van der Waals surface area contributed by atoms with Gasteiger partial charge in [0.05, 0.1) is 11.1 Å². The molecule has 0 radical (unpaired) electrons. The number of fused-ring (bicyclic) bond motifs is 1. The Morgan fingerprint density at radius 2 is 1.93 bits per heavy atom. The van der Waals surface area contributed by atoms with Gasteiger partial charge in [0.15, 0.2) is 5.16 Å². The molecule has 0 saturated heterocycles. The summed E-state index contributed by atoms with van der Waals surface area (Å²) in [5, 5.41) is 4.17. The third-order valence-corrected chi connectivity index (χ3v) is 7.22. The second-order valence-electron chi connectivity index (χ2n) is 6.69. The summed E-state index contributed by atoms with van der Waals surface area (Å²) in [6.45, 7) is 7.88. The van der Waals surface area contributed by atoms with Crippen molar-refractivity contribution in [1.29, 1.82) is 0 Å². The molecule has 2 heterocycles. The average Bonchev–Trinajstić information content (AvgIpc) is 2.94. The topological polar surface area (TPSA) is 64.0 Å². The molecule has 5 nitrogen and oxygen atoms in total. The maximum Gasteiger partial charge on any atom is 0.263 e. The Bertz CT molecular complexity index is 1070. The number of benzene rings is 1. The maximum absolute atomic E-state index is 13.0. The van der Waals surface area contributed by atoms with Crippen molar-refractivity contribution in [3.63, 3.8) is 0 Å². The zero-order valence-corrected chi connectivity index (χ0v) is 19.0. The highest BCUT2D eigenvalue weighted by Gasteiger charge is 2.19. The average molecular weight is 434 g/mol. The smallest absolute Gasteiger partial charge is 0.263 e. The van der Waals surface area contributed by atoms with Gasteiger partial charge in [0, 0.05) is 21.5 Å². The predicted molar refractivity (Wildman–Crippen MR) is 121 cm³/mol. The van der Waals surface area contributed by atoms with Gasteiger partial charge in [-0.2, -0.15) is 0 Å². The molecule has 0 atom stereocenters. The molecule has 0 spiro atoms. The highest BCUT2D eigenvalue weighted by Crippen LogP contribution is 2.29. The van der Waals surface area contributed by atoms with Crippen molar-refractivity contribution in [2.24, 2.45) is 0 Å². The summed E-state index contributed by atoms with van der Waals surface area (Å²) >= 11 is 4.48. The second kappa shape index (κ2) is 8.71. The number of thiophene rings is 1. The first-order valence-electron chi connectivity index (χ1n) is 8.90. The number of nitrogens with one attached hydrogen (secondary N) is 1. The first-order chi connectivity index (χ1) is 13.3. The molecule has 0 aliphatic rings. The van der Waals surface area contributed by atoms with Gasteiger partial charge in [0.1, 0.15) is 4.83 Å². The molecule has 1 aromatic carbocycles. The monoisotopic (exact) mass is 433 g/mol. The minimum absolute atomic E-state index is 0.0302. The largest absolute Gasteiger partial charge is 0.325 e. The van der Waals surface area contributed by atoms with Crippen molar-refractivity contribution in [1.82, 2.24) is 9.55 Å². The molecule has 0 aliphatic carbocycles. The summed E-state index contributed by atoms with van der Waals surface area (Å²) in [6, 6.07) is 7.69. The third kappa shape index (κ3) is 4.29. The van der Waals surface area contributed by atoms with E-state index in [4.69, 9.17) is 4.98 Å². The molecule has 28 heavy (non-hydrogen) atoms. The van der Waals surface area contributed by atoms with E-state index in [0.29, 0.717) is 10.5 Å². The van der Waals surface area contributed by atoms with E-state index >= 15 is 0 Å². The number of nitrogens with zero attached hydrogens (tertiary/aromatic N) is 2. The Kier molecular flexibility index (Phi) is 6.52. The molecule has 0 fully saturated rings. The van der Waals surface area contributed by atoms with Crippen LogP contribution in [0, 0.1) is 13.8 Å². The lowest BCUT2D eigenvalue weighted by molar-refractivity contribution is -0.113. The number of amides is 1. The van der Waals surface area contributed by atoms with Gasteiger partial charge in [-0.15, -0.1) is 23.1 Å². The Morgan fingerprint density at radius 1 is 1.25 bits per heavy atom. The zero-order valence-electron chi connectivity index (χ0n) is 16.5. The minimum Gasteiger partial charge on any atom is -0.325 e. The Balaban J connectivity index is 1.82. The summed E-state index contributed by atoms with van der Waals surface area (Å²) < 4.78 is 1.69. The van der Waals surface area contributed by atoms with Gasteiger partial charge in [-0.3, -0.25) is 14.2 Å². The van der Waals surface area contributed by atoms with Gasteiger partial charge in [0.25, 0.3) is 5.56 Å². The van der Waals surface area contributed by atoms with Crippen LogP contribution in [0.2, 0.25) is 0 Å². The van der Waals surface area contributed by atoms with Crippen molar-refractivity contribution in [3.8, 4) is 0 Å². The molecule has 1 amide bonds. The Hall–Kier alpha value is -1.77. The first-order valence-corrected chi connectivity index (χ1v) is 11.9. The molecule has 0 unspecified atom stereocenters. The summed E-state index contributed by atoms with van der Waals surface area (Å²) in [5.41, 5.74) is 1.73. The number of hydrogen-bond acceptors (Lipinski definition) is 6. The number of rotatable bonds is 6. The second-order valence-corrected chi connectivity index (χ2v) is 9.72. The molecule has 1 N–H and O–H groups in total. The van der Waals surface area contributed by atoms with Crippen molar-refractivity contribution in [2.75, 3.05) is 17.3 Å². The lowest BCUT2D eigenvalue weighted by Gasteiger charge is -2.15. The minimum atomic E-state index is -0.120. The third-order valence-electron chi connectivity index (χ3n) is 4.43. The number of thioether (sulfide) groups is 2. The molecule has 0 aliphatic heterocycles. The van der Waals surface area contributed by atoms with Crippen LogP contribution in [0.1, 0.15) is 30.3 Å². The van der Waals surface area contributed by atoms with Crippen LogP contribution >= 0.6 is 34.9 Å². The predicted octanol–water partition coefficient (Wildman–Crippen LogP) is 5.11. The number of aryl methyl sites for hydroxylation is 2. The van der Waals surface area contributed by atoms with Crippen LogP contribution in [-0.2, 0) is 4.79 Å². The molecule has 3 aromatic rings. The molecule has 0 saturated carbocycles. The SMILES string of the molecule is CSc1ccc(NC(=O)CSc2nc3sc(C)c(C)c3c(=O)n2C(C)C)cc1. The lowest BCUT2D eigenvalue weighted by Crippen LogP contribution is -2.25. The standard InChI is InChI=1S/C20H23N3O2S3/c1-11(2)23-19(25)17-12(3)13(4)28-18(17)22-20(23)27-10-16(24)21-14-6-8-15(26-5)9-7-14/h6-9,11H,10H2,1-5H3,(H,21,24). The van der Waals surface area contributed by atoms with Gasteiger partial charge < -0.3 is 5.32 Å². The highest BCUT2D eigenvalue weighted by atomic mass is 32.2. The fraction of sp³-hybridized carbons (Fsp3) is 0.350. The van der Waals surface area contributed by atoms with Crippen LogP contribution in [0.15, 0.2) is 39.1 Å². The van der Waals surface area contributed by atoms with Crippen LogP contribution in [0.25, 0.3) is 10.2 Å². The van der Waals surface area contributed by atoms with E-state index in [9.17, 15) is 9.59 Å². The highest BCUT2D eigenvalue weighted by molar-refractivity contribution is 7.99. The molecule has 0 bridgehead atoms. The normalized spacial score (nSPS) is 11.4. The van der Waals surface area contributed by atoms with Crippen molar-refractivity contribution in [3.05, 3.63) is 45.1 Å². The fourth-order valence-corrected chi connectivity index (χ4v) is 5.25. The van der Waals surface area contributed by atoms with Gasteiger partial charge in [0.2, 0.25) is 5.91 Å². The summed E-state index contributed by atoms with van der Waals surface area (Å²) in [7, 11) is 0. The molecule has 2 aromatic heterocycles. The lowest BCUT2D eigenvalue weighted by atomic mass is 10.2. The Labute approximate surface area is 176 Å². The van der Waals surface area contributed by atoms with Gasteiger partial charge in [-0.1, -0.05) is 11.8 Å². The summed E-state index contributed by atoms with van der Waals surface area (Å²) in [5.74, 6) is 0.0725. The van der Waals surface area contributed by atoms with E-state index in [2.05, 4.69) is 5.32 Å². The number of carbonyl (C=O) groups is 1. The number of anilines is 1. The fourth-order valence-electron chi connectivity index (χ4n) is 2.85. The quantitative estimate of drug-likeness (QED) is 0.432. The van der Waals surface area contributed by atoms with Crippen LogP contribution < -0.4 is 10.9 Å².